The molecule has 0 spiro atoms. The van der Waals surface area contributed by atoms with Gasteiger partial charge >= 0.3 is 0 Å². The number of hydrogen-bond acceptors (Lipinski definition) is 3. The van der Waals surface area contributed by atoms with Crippen molar-refractivity contribution in [3.05, 3.63) is 35.9 Å². The standard InChI is InChI=1S/C20H32N2O/c1-15(2)20(23)10-11-21-19-9-8-17-13-22(14-18(17)19)12-16-6-4-3-5-7-16/h3-7,15,17-21,23H,8-14H2,1-2H3. The average molecular weight is 316 g/mol. The van der Waals surface area contributed by atoms with Gasteiger partial charge in [0.15, 0.2) is 0 Å². The zero-order valence-corrected chi connectivity index (χ0v) is 14.6. The van der Waals surface area contributed by atoms with Gasteiger partial charge in [0, 0.05) is 25.7 Å². The van der Waals surface area contributed by atoms with Crippen LogP contribution in [-0.2, 0) is 6.54 Å². The number of benzene rings is 1. The summed E-state index contributed by atoms with van der Waals surface area (Å²) in [5.74, 6) is 2.03. The average Bonchev–Trinajstić information content (AvgIpc) is 3.09. The molecule has 1 aromatic carbocycles. The molecular formula is C20H32N2O. The highest BCUT2D eigenvalue weighted by atomic mass is 16.3. The predicted molar refractivity (Wildman–Crippen MR) is 95.2 cm³/mol. The summed E-state index contributed by atoms with van der Waals surface area (Å²) in [5, 5.41) is 13.7. The molecule has 2 aliphatic rings. The molecule has 1 heterocycles. The molecule has 128 valence electrons. The molecule has 4 atom stereocenters. The lowest BCUT2D eigenvalue weighted by atomic mass is 9.97. The number of hydrogen-bond donors (Lipinski definition) is 2. The Morgan fingerprint density at radius 1 is 1.17 bits per heavy atom. The summed E-state index contributed by atoms with van der Waals surface area (Å²) in [6.07, 6.45) is 3.38. The van der Waals surface area contributed by atoms with E-state index in [1.54, 1.807) is 0 Å². The van der Waals surface area contributed by atoms with Crippen LogP contribution >= 0.6 is 0 Å². The van der Waals surface area contributed by atoms with Crippen LogP contribution in [0.2, 0.25) is 0 Å². The minimum atomic E-state index is -0.169. The fourth-order valence-corrected chi connectivity index (χ4v) is 4.33. The molecule has 1 aliphatic carbocycles. The summed E-state index contributed by atoms with van der Waals surface area (Å²) in [6, 6.07) is 11.5. The van der Waals surface area contributed by atoms with E-state index in [9.17, 15) is 5.11 Å². The number of nitrogens with one attached hydrogen (secondary N) is 1. The van der Waals surface area contributed by atoms with Gasteiger partial charge in [0.25, 0.3) is 0 Å². The van der Waals surface area contributed by atoms with Crippen LogP contribution in [0.5, 0.6) is 0 Å². The van der Waals surface area contributed by atoms with Crippen molar-refractivity contribution in [2.45, 2.75) is 51.8 Å². The highest BCUT2D eigenvalue weighted by Gasteiger charge is 2.42. The fraction of sp³-hybridized carbons (Fsp3) is 0.700. The largest absolute Gasteiger partial charge is 0.393 e. The third kappa shape index (κ3) is 4.34. The summed E-state index contributed by atoms with van der Waals surface area (Å²) in [7, 11) is 0. The second kappa shape index (κ2) is 7.78. The van der Waals surface area contributed by atoms with Crippen LogP contribution in [0, 0.1) is 17.8 Å². The van der Waals surface area contributed by atoms with Crippen LogP contribution in [0.1, 0.15) is 38.7 Å². The Bertz CT molecular complexity index is 476. The first-order valence-electron chi connectivity index (χ1n) is 9.31. The molecule has 1 saturated heterocycles. The van der Waals surface area contributed by atoms with Crippen molar-refractivity contribution in [1.29, 1.82) is 0 Å². The van der Waals surface area contributed by atoms with Gasteiger partial charge in [-0.25, -0.2) is 0 Å². The highest BCUT2D eigenvalue weighted by molar-refractivity contribution is 5.15. The third-order valence-corrected chi connectivity index (χ3v) is 5.80. The van der Waals surface area contributed by atoms with Gasteiger partial charge in [0.2, 0.25) is 0 Å². The van der Waals surface area contributed by atoms with E-state index < -0.39 is 0 Å². The van der Waals surface area contributed by atoms with E-state index in [1.807, 2.05) is 0 Å². The normalized spacial score (nSPS) is 29.1. The van der Waals surface area contributed by atoms with Crippen molar-refractivity contribution >= 4 is 0 Å². The molecule has 1 saturated carbocycles. The maximum Gasteiger partial charge on any atom is 0.0575 e. The summed E-state index contributed by atoms with van der Waals surface area (Å²) in [6.45, 7) is 8.71. The first-order valence-corrected chi connectivity index (χ1v) is 9.31. The van der Waals surface area contributed by atoms with Crippen LogP contribution in [0.4, 0.5) is 0 Å². The number of nitrogens with zero attached hydrogens (tertiary/aromatic N) is 1. The topological polar surface area (TPSA) is 35.5 Å². The molecule has 0 amide bonds. The Morgan fingerprint density at radius 3 is 2.70 bits per heavy atom. The minimum Gasteiger partial charge on any atom is -0.393 e. The van der Waals surface area contributed by atoms with Crippen molar-refractivity contribution < 1.29 is 5.11 Å². The van der Waals surface area contributed by atoms with E-state index in [0.717, 1.165) is 31.3 Å². The van der Waals surface area contributed by atoms with Crippen LogP contribution in [0.3, 0.4) is 0 Å². The van der Waals surface area contributed by atoms with E-state index in [4.69, 9.17) is 0 Å². The Morgan fingerprint density at radius 2 is 1.96 bits per heavy atom. The summed E-state index contributed by atoms with van der Waals surface area (Å²) in [4.78, 5) is 2.63. The zero-order chi connectivity index (χ0) is 16.2. The molecule has 2 fully saturated rings. The molecule has 4 unspecified atom stereocenters. The molecular weight excluding hydrogens is 284 g/mol. The van der Waals surface area contributed by atoms with Gasteiger partial charge in [-0.2, -0.15) is 0 Å². The fourth-order valence-electron chi connectivity index (χ4n) is 4.33. The Balaban J connectivity index is 1.45. The van der Waals surface area contributed by atoms with Crippen LogP contribution in [-0.4, -0.2) is 41.8 Å². The van der Waals surface area contributed by atoms with Gasteiger partial charge in [0.05, 0.1) is 6.10 Å². The van der Waals surface area contributed by atoms with Crippen molar-refractivity contribution in [2.24, 2.45) is 17.8 Å². The lowest BCUT2D eigenvalue weighted by Crippen LogP contribution is -2.37. The molecule has 2 N–H and O–H groups in total. The summed E-state index contributed by atoms with van der Waals surface area (Å²) >= 11 is 0. The quantitative estimate of drug-likeness (QED) is 0.812. The second-order valence-corrected chi connectivity index (χ2v) is 7.84. The molecule has 0 aromatic heterocycles. The van der Waals surface area contributed by atoms with E-state index in [0.29, 0.717) is 12.0 Å². The van der Waals surface area contributed by atoms with Crippen LogP contribution in [0.25, 0.3) is 0 Å². The van der Waals surface area contributed by atoms with Crippen molar-refractivity contribution in [1.82, 2.24) is 10.2 Å². The minimum absolute atomic E-state index is 0.169. The van der Waals surface area contributed by atoms with E-state index in [2.05, 4.69) is 54.4 Å². The molecule has 23 heavy (non-hydrogen) atoms. The lowest BCUT2D eigenvalue weighted by Gasteiger charge is -2.23. The van der Waals surface area contributed by atoms with Gasteiger partial charge in [0.1, 0.15) is 0 Å². The Kier molecular flexibility index (Phi) is 5.73. The van der Waals surface area contributed by atoms with E-state index in [-0.39, 0.29) is 6.10 Å². The van der Waals surface area contributed by atoms with Crippen molar-refractivity contribution in [2.75, 3.05) is 19.6 Å². The lowest BCUT2D eigenvalue weighted by molar-refractivity contribution is 0.114. The monoisotopic (exact) mass is 316 g/mol. The van der Waals surface area contributed by atoms with Gasteiger partial charge in [-0.15, -0.1) is 0 Å². The number of fused-ring (bicyclic) bond motifs is 1. The van der Waals surface area contributed by atoms with Crippen molar-refractivity contribution in [3.63, 3.8) is 0 Å². The molecule has 1 aliphatic heterocycles. The number of likely N-dealkylation sites (tertiary alicyclic amines) is 1. The number of aliphatic hydroxyl groups is 1. The molecule has 0 radical (unpaired) electrons. The van der Waals surface area contributed by atoms with Gasteiger partial charge in [-0.3, -0.25) is 4.90 Å². The molecule has 3 rings (SSSR count). The second-order valence-electron chi connectivity index (χ2n) is 7.84. The highest BCUT2D eigenvalue weighted by Crippen LogP contribution is 2.38. The van der Waals surface area contributed by atoms with Gasteiger partial charge in [-0.1, -0.05) is 44.2 Å². The molecule has 3 heteroatoms. The first kappa shape index (κ1) is 16.9. The maximum atomic E-state index is 9.95. The SMILES string of the molecule is CC(C)C(O)CCNC1CCC2CN(Cc3ccccc3)CC21. The molecule has 0 bridgehead atoms. The van der Waals surface area contributed by atoms with Gasteiger partial charge in [-0.05, 0) is 49.1 Å². The summed E-state index contributed by atoms with van der Waals surface area (Å²) < 4.78 is 0. The van der Waals surface area contributed by atoms with Gasteiger partial charge < -0.3 is 10.4 Å². The number of rotatable bonds is 7. The van der Waals surface area contributed by atoms with E-state index in [1.165, 1.54) is 31.5 Å². The maximum absolute atomic E-state index is 9.95. The zero-order valence-electron chi connectivity index (χ0n) is 14.6. The third-order valence-electron chi connectivity index (χ3n) is 5.80. The van der Waals surface area contributed by atoms with Crippen LogP contribution in [0.15, 0.2) is 30.3 Å². The van der Waals surface area contributed by atoms with Crippen molar-refractivity contribution in [3.8, 4) is 0 Å². The predicted octanol–water partition coefficient (Wildman–Crippen LogP) is 2.89. The first-order chi connectivity index (χ1) is 11.1. The Labute approximate surface area is 141 Å². The Hall–Kier alpha value is -0.900. The molecule has 1 aromatic rings. The number of aliphatic hydroxyl groups excluding tert-OH is 1. The summed E-state index contributed by atoms with van der Waals surface area (Å²) in [5.41, 5.74) is 1.43. The van der Waals surface area contributed by atoms with Crippen LogP contribution < -0.4 is 5.32 Å². The smallest absolute Gasteiger partial charge is 0.0575 e. The molecule has 3 nitrogen and oxygen atoms in total. The van der Waals surface area contributed by atoms with E-state index >= 15 is 0 Å².